The van der Waals surface area contributed by atoms with Crippen molar-refractivity contribution in [2.45, 2.75) is 20.3 Å². The first-order chi connectivity index (χ1) is 12.5. The van der Waals surface area contributed by atoms with Gasteiger partial charge in [0.1, 0.15) is 0 Å². The second kappa shape index (κ2) is 10.5. The summed E-state index contributed by atoms with van der Waals surface area (Å²) in [5, 5.41) is 3.48. The third-order valence-corrected chi connectivity index (χ3v) is 4.94. The molecule has 1 N–H and O–H groups in total. The number of nitrogens with one attached hydrogen (secondary N) is 1. The zero-order valence-electron chi connectivity index (χ0n) is 15.7. The Morgan fingerprint density at radius 1 is 1.12 bits per heavy atom. The number of likely N-dealkylation sites (N-methyl/N-ethyl adjacent to an activating group) is 1. The van der Waals surface area contributed by atoms with Crippen molar-refractivity contribution in [2.24, 2.45) is 0 Å². The molecular weight excluding hydrogens is 352 g/mol. The van der Waals surface area contributed by atoms with Crippen LogP contribution < -0.4 is 5.32 Å². The second-order valence-corrected chi connectivity index (χ2v) is 6.93. The minimum atomic E-state index is -0.00796. The number of hydrogen-bond acceptors (Lipinski definition) is 4. The van der Waals surface area contributed by atoms with E-state index in [1.165, 1.54) is 0 Å². The molecule has 0 unspecified atom stereocenters. The number of piperazine rings is 1. The third kappa shape index (κ3) is 6.59. The molecule has 1 aliphatic heterocycles. The fraction of sp³-hybridized carbons (Fsp3) is 0.579. The van der Waals surface area contributed by atoms with Crippen molar-refractivity contribution < 1.29 is 9.59 Å². The summed E-state index contributed by atoms with van der Waals surface area (Å²) >= 11 is 5.92. The Labute approximate surface area is 161 Å². The van der Waals surface area contributed by atoms with Crippen LogP contribution in [0.15, 0.2) is 24.3 Å². The molecule has 2 amide bonds. The van der Waals surface area contributed by atoms with Gasteiger partial charge in [0.05, 0.1) is 6.54 Å². The number of nitrogens with zero attached hydrogens (tertiary/aromatic N) is 3. The molecule has 1 aromatic rings. The lowest BCUT2D eigenvalue weighted by Crippen LogP contribution is -2.50. The minimum Gasteiger partial charge on any atom is -0.342 e. The van der Waals surface area contributed by atoms with Crippen LogP contribution in [0.3, 0.4) is 0 Å². The number of hydrogen-bond donors (Lipinski definition) is 1. The molecule has 0 aliphatic carbocycles. The van der Waals surface area contributed by atoms with Crippen LogP contribution in [-0.2, 0) is 9.59 Å². The molecule has 1 heterocycles. The summed E-state index contributed by atoms with van der Waals surface area (Å²) in [6, 6.07) is 7.17. The highest BCUT2D eigenvalue weighted by Gasteiger charge is 2.21. The molecule has 0 spiro atoms. The highest BCUT2D eigenvalue weighted by atomic mass is 35.5. The van der Waals surface area contributed by atoms with E-state index in [0.717, 1.165) is 51.5 Å². The average Bonchev–Trinajstić information content (AvgIpc) is 2.62. The Morgan fingerprint density at radius 2 is 1.77 bits per heavy atom. The summed E-state index contributed by atoms with van der Waals surface area (Å²) in [6.07, 6.45) is 0.449. The molecule has 1 aromatic carbocycles. The van der Waals surface area contributed by atoms with Gasteiger partial charge in [0.2, 0.25) is 11.8 Å². The molecule has 2 rings (SSSR count). The van der Waals surface area contributed by atoms with E-state index in [9.17, 15) is 9.59 Å². The molecule has 6 nitrogen and oxygen atoms in total. The van der Waals surface area contributed by atoms with Crippen LogP contribution in [0.25, 0.3) is 0 Å². The molecule has 26 heavy (non-hydrogen) atoms. The number of carbonyl (C=O) groups is 2. The Morgan fingerprint density at radius 3 is 2.38 bits per heavy atom. The number of rotatable bonds is 8. The van der Waals surface area contributed by atoms with Crippen molar-refractivity contribution in [3.63, 3.8) is 0 Å². The van der Waals surface area contributed by atoms with Gasteiger partial charge in [0.25, 0.3) is 0 Å². The first-order valence-electron chi connectivity index (χ1n) is 9.29. The predicted molar refractivity (Wildman–Crippen MR) is 106 cm³/mol. The molecule has 0 aromatic heterocycles. The van der Waals surface area contributed by atoms with Crippen molar-refractivity contribution in [3.8, 4) is 0 Å². The monoisotopic (exact) mass is 380 g/mol. The van der Waals surface area contributed by atoms with Crippen LogP contribution in [-0.4, -0.2) is 78.9 Å². The normalized spacial score (nSPS) is 15.7. The van der Waals surface area contributed by atoms with Crippen LogP contribution in [0, 0.1) is 0 Å². The van der Waals surface area contributed by atoms with E-state index in [1.54, 1.807) is 12.1 Å². The smallest absolute Gasteiger partial charge is 0.236 e. The van der Waals surface area contributed by atoms with Gasteiger partial charge in [-0.1, -0.05) is 17.7 Å². The molecule has 0 bridgehead atoms. The summed E-state index contributed by atoms with van der Waals surface area (Å²) in [5.74, 6) is 0.191. The van der Waals surface area contributed by atoms with E-state index in [-0.39, 0.29) is 11.8 Å². The van der Waals surface area contributed by atoms with E-state index in [4.69, 9.17) is 11.6 Å². The summed E-state index contributed by atoms with van der Waals surface area (Å²) in [4.78, 5) is 30.6. The van der Waals surface area contributed by atoms with Gasteiger partial charge in [-0.3, -0.25) is 14.5 Å². The van der Waals surface area contributed by atoms with Gasteiger partial charge in [-0.15, -0.1) is 0 Å². The average molecular weight is 381 g/mol. The lowest BCUT2D eigenvalue weighted by atomic mass is 10.2. The molecule has 1 fully saturated rings. The van der Waals surface area contributed by atoms with Gasteiger partial charge in [-0.2, -0.15) is 0 Å². The van der Waals surface area contributed by atoms with E-state index in [0.29, 0.717) is 18.0 Å². The Kier molecular flexibility index (Phi) is 8.35. The summed E-state index contributed by atoms with van der Waals surface area (Å²) in [6.45, 7) is 10.3. The molecule has 144 valence electrons. The number of amides is 2. The van der Waals surface area contributed by atoms with Crippen molar-refractivity contribution in [2.75, 3.05) is 57.7 Å². The maximum Gasteiger partial charge on any atom is 0.236 e. The maximum atomic E-state index is 12.2. The molecule has 0 radical (unpaired) electrons. The van der Waals surface area contributed by atoms with Gasteiger partial charge in [0.15, 0.2) is 0 Å². The summed E-state index contributed by atoms with van der Waals surface area (Å²) in [5.41, 5.74) is 0.724. The molecule has 1 aliphatic rings. The van der Waals surface area contributed by atoms with Gasteiger partial charge in [-0.05, 0) is 32.0 Å². The minimum absolute atomic E-state index is 0.00796. The van der Waals surface area contributed by atoms with Gasteiger partial charge in [0, 0.05) is 62.9 Å². The number of halogens is 1. The van der Waals surface area contributed by atoms with Crippen molar-refractivity contribution >= 4 is 29.1 Å². The topological polar surface area (TPSA) is 55.9 Å². The van der Waals surface area contributed by atoms with E-state index < -0.39 is 0 Å². The molecule has 0 saturated carbocycles. The first-order valence-corrected chi connectivity index (χ1v) is 9.67. The molecule has 1 saturated heterocycles. The van der Waals surface area contributed by atoms with E-state index in [1.807, 2.05) is 30.9 Å². The van der Waals surface area contributed by atoms with Crippen molar-refractivity contribution in [3.05, 3.63) is 29.3 Å². The van der Waals surface area contributed by atoms with Crippen LogP contribution >= 0.6 is 11.6 Å². The Bertz CT molecular complexity index is 599. The van der Waals surface area contributed by atoms with E-state index in [2.05, 4.69) is 15.1 Å². The summed E-state index contributed by atoms with van der Waals surface area (Å²) < 4.78 is 0. The largest absolute Gasteiger partial charge is 0.342 e. The standard InChI is InChI=1S/C19H29ClN4O2/c1-3-24(4-2)19(26)15-23-12-10-22(11-13-23)9-8-18(25)21-17-7-5-6-16(20)14-17/h5-7,14H,3-4,8-13,15H2,1-2H3,(H,21,25). The quantitative estimate of drug-likeness (QED) is 0.750. The van der Waals surface area contributed by atoms with Crippen LogP contribution in [0.4, 0.5) is 5.69 Å². The Hall–Kier alpha value is -1.63. The highest BCUT2D eigenvalue weighted by molar-refractivity contribution is 6.30. The number of benzene rings is 1. The van der Waals surface area contributed by atoms with Crippen LogP contribution in [0.1, 0.15) is 20.3 Å². The SMILES string of the molecule is CCN(CC)C(=O)CN1CCN(CCC(=O)Nc2cccc(Cl)c2)CC1. The fourth-order valence-corrected chi connectivity index (χ4v) is 3.28. The van der Waals surface area contributed by atoms with Crippen molar-refractivity contribution in [1.82, 2.24) is 14.7 Å². The fourth-order valence-electron chi connectivity index (χ4n) is 3.09. The zero-order valence-corrected chi connectivity index (χ0v) is 16.5. The first kappa shape index (κ1) is 20.7. The van der Waals surface area contributed by atoms with Gasteiger partial charge < -0.3 is 15.1 Å². The lowest BCUT2D eigenvalue weighted by Gasteiger charge is -2.35. The lowest BCUT2D eigenvalue weighted by molar-refractivity contribution is -0.132. The van der Waals surface area contributed by atoms with Crippen LogP contribution in [0.5, 0.6) is 0 Å². The Balaban J connectivity index is 1.67. The van der Waals surface area contributed by atoms with Crippen molar-refractivity contribution in [1.29, 1.82) is 0 Å². The zero-order chi connectivity index (χ0) is 18.9. The number of carbonyl (C=O) groups excluding carboxylic acids is 2. The second-order valence-electron chi connectivity index (χ2n) is 6.49. The number of anilines is 1. The van der Waals surface area contributed by atoms with Gasteiger partial charge >= 0.3 is 0 Å². The van der Waals surface area contributed by atoms with Gasteiger partial charge in [-0.25, -0.2) is 0 Å². The summed E-state index contributed by atoms with van der Waals surface area (Å²) in [7, 11) is 0. The highest BCUT2D eigenvalue weighted by Crippen LogP contribution is 2.15. The molecule has 0 atom stereocenters. The van der Waals surface area contributed by atoms with E-state index >= 15 is 0 Å². The van der Waals surface area contributed by atoms with Crippen LogP contribution in [0.2, 0.25) is 5.02 Å². The molecular formula is C19H29ClN4O2. The third-order valence-electron chi connectivity index (χ3n) is 4.70. The maximum absolute atomic E-state index is 12.2. The molecule has 7 heteroatoms. The predicted octanol–water partition coefficient (Wildman–Crippen LogP) is 2.15.